The van der Waals surface area contributed by atoms with Crippen LogP contribution >= 0.6 is 23.4 Å². The largest absolute Gasteiger partial charge is 0.326 e. The number of thioether (sulfide) groups is 1. The Kier molecular flexibility index (Phi) is 4.97. The number of benzene rings is 1. The monoisotopic (exact) mass is 243 g/mol. The molecular formula is C12H18ClNS. The number of nitrogens with two attached hydrogens (primary N) is 1. The van der Waals surface area contributed by atoms with Gasteiger partial charge in [-0.1, -0.05) is 38.4 Å². The van der Waals surface area contributed by atoms with Gasteiger partial charge in [-0.3, -0.25) is 0 Å². The van der Waals surface area contributed by atoms with E-state index in [1.165, 1.54) is 0 Å². The molecule has 15 heavy (non-hydrogen) atoms. The summed E-state index contributed by atoms with van der Waals surface area (Å²) >= 11 is 8.01. The van der Waals surface area contributed by atoms with E-state index in [4.69, 9.17) is 17.3 Å². The van der Waals surface area contributed by atoms with E-state index >= 15 is 0 Å². The molecule has 0 aromatic heterocycles. The number of hydrogen-bond donors (Lipinski definition) is 1. The zero-order chi connectivity index (χ0) is 11.4. The summed E-state index contributed by atoms with van der Waals surface area (Å²) in [5, 5.41) is 1.39. The van der Waals surface area contributed by atoms with E-state index in [9.17, 15) is 0 Å². The minimum atomic E-state index is 0.546. The van der Waals surface area contributed by atoms with Crippen molar-refractivity contribution in [2.75, 3.05) is 0 Å². The third kappa shape index (κ3) is 3.71. The second-order valence-electron chi connectivity index (χ2n) is 4.04. The molecular weight excluding hydrogens is 226 g/mol. The molecule has 2 N–H and O–H groups in total. The Bertz CT molecular complexity index is 325. The van der Waals surface area contributed by atoms with Gasteiger partial charge < -0.3 is 5.73 Å². The standard InChI is InChI=1S/C12H18ClNS/c1-8(2)9(3)15-12-5-4-10(7-14)6-11(12)13/h4-6,8-9H,7,14H2,1-3H3. The van der Waals surface area contributed by atoms with Crippen LogP contribution < -0.4 is 5.73 Å². The third-order valence-electron chi connectivity index (χ3n) is 2.48. The van der Waals surface area contributed by atoms with Gasteiger partial charge in [0.2, 0.25) is 0 Å². The maximum atomic E-state index is 6.18. The molecule has 1 aromatic rings. The van der Waals surface area contributed by atoms with Crippen molar-refractivity contribution in [3.05, 3.63) is 28.8 Å². The van der Waals surface area contributed by atoms with Crippen molar-refractivity contribution in [1.82, 2.24) is 0 Å². The van der Waals surface area contributed by atoms with Crippen LogP contribution in [-0.2, 0) is 6.54 Å². The van der Waals surface area contributed by atoms with Crippen LogP contribution in [0.15, 0.2) is 23.1 Å². The fourth-order valence-corrected chi connectivity index (χ4v) is 2.43. The molecule has 84 valence electrons. The quantitative estimate of drug-likeness (QED) is 0.811. The maximum Gasteiger partial charge on any atom is 0.0545 e. The summed E-state index contributed by atoms with van der Waals surface area (Å²) in [6, 6.07) is 6.06. The van der Waals surface area contributed by atoms with Gasteiger partial charge in [-0.2, -0.15) is 0 Å². The molecule has 1 atom stereocenters. The van der Waals surface area contributed by atoms with Crippen molar-refractivity contribution < 1.29 is 0 Å². The van der Waals surface area contributed by atoms with Crippen molar-refractivity contribution in [1.29, 1.82) is 0 Å². The molecule has 0 aliphatic rings. The van der Waals surface area contributed by atoms with Crippen molar-refractivity contribution in [2.24, 2.45) is 11.7 Å². The van der Waals surface area contributed by atoms with E-state index in [1.807, 2.05) is 23.9 Å². The highest BCUT2D eigenvalue weighted by molar-refractivity contribution is 8.00. The Morgan fingerprint density at radius 1 is 1.33 bits per heavy atom. The summed E-state index contributed by atoms with van der Waals surface area (Å²) in [5.41, 5.74) is 6.64. The molecule has 0 saturated carbocycles. The molecule has 1 nitrogen and oxygen atoms in total. The predicted molar refractivity (Wildman–Crippen MR) is 69.5 cm³/mol. The van der Waals surface area contributed by atoms with Crippen molar-refractivity contribution in [3.63, 3.8) is 0 Å². The van der Waals surface area contributed by atoms with Gasteiger partial charge in [0, 0.05) is 16.7 Å². The number of hydrogen-bond acceptors (Lipinski definition) is 2. The lowest BCUT2D eigenvalue weighted by molar-refractivity contribution is 0.642. The van der Waals surface area contributed by atoms with Crippen LogP contribution in [-0.4, -0.2) is 5.25 Å². The van der Waals surface area contributed by atoms with Gasteiger partial charge in [0.25, 0.3) is 0 Å². The Balaban J connectivity index is 2.78. The summed E-state index contributed by atoms with van der Waals surface area (Å²) in [6.07, 6.45) is 0. The molecule has 0 fully saturated rings. The fourth-order valence-electron chi connectivity index (χ4n) is 1.10. The highest BCUT2D eigenvalue weighted by Crippen LogP contribution is 2.33. The molecule has 0 radical (unpaired) electrons. The second kappa shape index (κ2) is 5.78. The van der Waals surface area contributed by atoms with Gasteiger partial charge in [-0.15, -0.1) is 11.8 Å². The topological polar surface area (TPSA) is 26.0 Å². The Hall–Kier alpha value is -0.180. The van der Waals surface area contributed by atoms with Crippen LogP contribution in [0.5, 0.6) is 0 Å². The molecule has 1 aromatic carbocycles. The lowest BCUT2D eigenvalue weighted by atomic mass is 10.2. The molecule has 0 saturated heterocycles. The van der Waals surface area contributed by atoms with E-state index in [2.05, 4.69) is 26.8 Å². The molecule has 0 amide bonds. The highest BCUT2D eigenvalue weighted by atomic mass is 35.5. The minimum Gasteiger partial charge on any atom is -0.326 e. The summed E-state index contributed by atoms with van der Waals surface area (Å²) in [7, 11) is 0. The van der Waals surface area contributed by atoms with Gasteiger partial charge in [-0.25, -0.2) is 0 Å². The molecule has 0 aliphatic carbocycles. The normalized spacial score (nSPS) is 13.2. The average molecular weight is 244 g/mol. The molecule has 0 heterocycles. The molecule has 3 heteroatoms. The van der Waals surface area contributed by atoms with Crippen LogP contribution in [0.3, 0.4) is 0 Å². The highest BCUT2D eigenvalue weighted by Gasteiger charge is 2.11. The van der Waals surface area contributed by atoms with Crippen molar-refractivity contribution >= 4 is 23.4 Å². The fraction of sp³-hybridized carbons (Fsp3) is 0.500. The van der Waals surface area contributed by atoms with Gasteiger partial charge in [0.05, 0.1) is 5.02 Å². The average Bonchev–Trinajstić information content (AvgIpc) is 2.20. The Morgan fingerprint density at radius 3 is 2.47 bits per heavy atom. The molecule has 1 rings (SSSR count). The third-order valence-corrected chi connectivity index (χ3v) is 4.43. The lowest BCUT2D eigenvalue weighted by Crippen LogP contribution is -2.05. The summed E-state index contributed by atoms with van der Waals surface area (Å²) in [5.74, 6) is 0.653. The first-order chi connectivity index (χ1) is 7.04. The zero-order valence-corrected chi connectivity index (χ0v) is 11.0. The smallest absolute Gasteiger partial charge is 0.0545 e. The van der Waals surface area contributed by atoms with Gasteiger partial charge in [0.1, 0.15) is 0 Å². The van der Waals surface area contributed by atoms with Crippen LogP contribution in [0, 0.1) is 5.92 Å². The first-order valence-electron chi connectivity index (χ1n) is 5.19. The molecule has 0 bridgehead atoms. The maximum absolute atomic E-state index is 6.18. The predicted octanol–water partition coefficient (Wildman–Crippen LogP) is 3.94. The SMILES string of the molecule is CC(C)C(C)Sc1ccc(CN)cc1Cl. The van der Waals surface area contributed by atoms with E-state index in [1.54, 1.807) is 0 Å². The Morgan fingerprint density at radius 2 is 2.00 bits per heavy atom. The van der Waals surface area contributed by atoms with E-state index in [0.29, 0.717) is 17.7 Å². The van der Waals surface area contributed by atoms with Crippen LogP contribution in [0.4, 0.5) is 0 Å². The minimum absolute atomic E-state index is 0.546. The van der Waals surface area contributed by atoms with Crippen LogP contribution in [0.2, 0.25) is 5.02 Å². The van der Waals surface area contributed by atoms with Crippen LogP contribution in [0.1, 0.15) is 26.3 Å². The zero-order valence-electron chi connectivity index (χ0n) is 9.46. The van der Waals surface area contributed by atoms with E-state index in [-0.39, 0.29) is 0 Å². The second-order valence-corrected chi connectivity index (χ2v) is 5.86. The number of halogens is 1. The van der Waals surface area contributed by atoms with Crippen LogP contribution in [0.25, 0.3) is 0 Å². The molecule has 0 aliphatic heterocycles. The molecule has 1 unspecified atom stereocenters. The van der Waals surface area contributed by atoms with E-state index in [0.717, 1.165) is 15.5 Å². The Labute approximate surface area is 101 Å². The van der Waals surface area contributed by atoms with Gasteiger partial charge in [0.15, 0.2) is 0 Å². The first kappa shape index (κ1) is 12.9. The van der Waals surface area contributed by atoms with Gasteiger partial charge in [-0.05, 0) is 23.6 Å². The van der Waals surface area contributed by atoms with E-state index < -0.39 is 0 Å². The van der Waals surface area contributed by atoms with Crippen molar-refractivity contribution in [3.8, 4) is 0 Å². The lowest BCUT2D eigenvalue weighted by Gasteiger charge is -2.16. The number of rotatable bonds is 4. The summed E-state index contributed by atoms with van der Waals surface area (Å²) in [4.78, 5) is 1.15. The first-order valence-corrected chi connectivity index (χ1v) is 6.45. The summed E-state index contributed by atoms with van der Waals surface area (Å²) < 4.78 is 0. The van der Waals surface area contributed by atoms with Gasteiger partial charge >= 0.3 is 0 Å². The van der Waals surface area contributed by atoms with Crippen molar-refractivity contribution in [2.45, 2.75) is 37.5 Å². The molecule has 0 spiro atoms. The summed E-state index contributed by atoms with van der Waals surface area (Å²) in [6.45, 7) is 7.21.